The number of carbonyl (C=O) groups is 2. The first-order valence-electron chi connectivity index (χ1n) is 11.0. The molecule has 28 heavy (non-hydrogen) atoms. The van der Waals surface area contributed by atoms with Crippen LogP contribution in [-0.4, -0.2) is 30.1 Å². The lowest BCUT2D eigenvalue weighted by Crippen LogP contribution is -2.13. The van der Waals surface area contributed by atoms with Crippen LogP contribution in [-0.2, 0) is 9.47 Å². The lowest BCUT2D eigenvalue weighted by Gasteiger charge is -2.06. The molecule has 0 bridgehead atoms. The van der Waals surface area contributed by atoms with Crippen molar-refractivity contribution in [3.05, 3.63) is 29.6 Å². The summed E-state index contributed by atoms with van der Waals surface area (Å²) in [5, 5.41) is 0. The molecule has 0 aromatic carbocycles. The summed E-state index contributed by atoms with van der Waals surface area (Å²) in [6.45, 7) is 4.90. The molecule has 0 fully saturated rings. The summed E-state index contributed by atoms with van der Waals surface area (Å²) in [5.41, 5.74) is 0.284. The van der Waals surface area contributed by atoms with Crippen LogP contribution >= 0.6 is 0 Å². The maximum absolute atomic E-state index is 12.1. The van der Waals surface area contributed by atoms with Crippen molar-refractivity contribution >= 4 is 11.9 Å². The van der Waals surface area contributed by atoms with Crippen LogP contribution in [0.15, 0.2) is 18.2 Å². The highest BCUT2D eigenvalue weighted by Gasteiger charge is 2.14. The van der Waals surface area contributed by atoms with E-state index in [0.29, 0.717) is 13.2 Å². The molecule has 0 aliphatic heterocycles. The average Bonchev–Trinajstić information content (AvgIpc) is 2.72. The van der Waals surface area contributed by atoms with Crippen LogP contribution in [0.1, 0.15) is 112 Å². The van der Waals surface area contributed by atoms with Crippen molar-refractivity contribution in [1.82, 2.24) is 4.98 Å². The molecule has 0 aliphatic carbocycles. The second-order valence-corrected chi connectivity index (χ2v) is 7.22. The molecular weight excluding hydrogens is 354 g/mol. The van der Waals surface area contributed by atoms with E-state index < -0.39 is 11.9 Å². The zero-order valence-electron chi connectivity index (χ0n) is 17.7. The first-order chi connectivity index (χ1) is 13.7. The molecule has 1 heterocycles. The molecular formula is C23H37NO4. The lowest BCUT2D eigenvalue weighted by molar-refractivity contribution is 0.0485. The molecule has 1 aromatic rings. The van der Waals surface area contributed by atoms with Gasteiger partial charge < -0.3 is 9.47 Å². The Morgan fingerprint density at radius 3 is 1.64 bits per heavy atom. The highest BCUT2D eigenvalue weighted by molar-refractivity contribution is 5.91. The lowest BCUT2D eigenvalue weighted by atomic mass is 10.1. The normalized spacial score (nSPS) is 10.6. The standard InChI is InChI=1S/C23H37NO4/c1-3-5-6-7-8-9-10-11-12-13-14-19-28-23(26)21-17-15-16-20(24-21)22(25)27-18-4-2/h15-17H,3-14,18-19H2,1-2H3. The number of carbonyl (C=O) groups excluding carboxylic acids is 2. The molecule has 0 saturated heterocycles. The number of aromatic nitrogens is 1. The van der Waals surface area contributed by atoms with Crippen LogP contribution in [0, 0.1) is 0 Å². The monoisotopic (exact) mass is 391 g/mol. The zero-order valence-corrected chi connectivity index (χ0v) is 17.7. The third-order valence-electron chi connectivity index (χ3n) is 4.59. The Labute approximate surface area is 170 Å². The SMILES string of the molecule is CCCCCCCCCCCCCOC(=O)c1cccc(C(=O)OCCC)n1. The van der Waals surface area contributed by atoms with Crippen molar-refractivity contribution in [3.63, 3.8) is 0 Å². The Balaban J connectivity index is 2.11. The molecule has 0 spiro atoms. The number of nitrogens with zero attached hydrogens (tertiary/aromatic N) is 1. The third kappa shape index (κ3) is 11.1. The van der Waals surface area contributed by atoms with Crippen LogP contribution < -0.4 is 0 Å². The van der Waals surface area contributed by atoms with Gasteiger partial charge in [-0.3, -0.25) is 0 Å². The zero-order chi connectivity index (χ0) is 20.5. The molecule has 158 valence electrons. The maximum atomic E-state index is 12.1. The quantitative estimate of drug-likeness (QED) is 0.251. The summed E-state index contributed by atoms with van der Waals surface area (Å²) in [7, 11) is 0. The average molecular weight is 392 g/mol. The van der Waals surface area contributed by atoms with Gasteiger partial charge in [-0.1, -0.05) is 84.1 Å². The van der Waals surface area contributed by atoms with E-state index in [4.69, 9.17) is 9.47 Å². The van der Waals surface area contributed by atoms with Crippen molar-refractivity contribution in [2.24, 2.45) is 0 Å². The highest BCUT2D eigenvalue weighted by Crippen LogP contribution is 2.11. The fourth-order valence-electron chi connectivity index (χ4n) is 2.94. The fourth-order valence-corrected chi connectivity index (χ4v) is 2.94. The summed E-state index contributed by atoms with van der Waals surface area (Å²) in [6.07, 6.45) is 14.5. The van der Waals surface area contributed by atoms with Crippen molar-refractivity contribution in [2.45, 2.75) is 90.9 Å². The summed E-state index contributed by atoms with van der Waals surface area (Å²) in [5.74, 6) is -1.00. The van der Waals surface area contributed by atoms with Gasteiger partial charge in [0.25, 0.3) is 0 Å². The molecule has 0 aliphatic rings. The number of esters is 2. The van der Waals surface area contributed by atoms with Crippen molar-refractivity contribution < 1.29 is 19.1 Å². The molecule has 0 unspecified atom stereocenters. The first kappa shape index (κ1) is 24.1. The molecule has 1 rings (SSSR count). The van der Waals surface area contributed by atoms with Gasteiger partial charge in [0.2, 0.25) is 0 Å². The summed E-state index contributed by atoms with van der Waals surface area (Å²) >= 11 is 0. The Hall–Kier alpha value is -1.91. The smallest absolute Gasteiger partial charge is 0.356 e. The second-order valence-electron chi connectivity index (χ2n) is 7.22. The van der Waals surface area contributed by atoms with Gasteiger partial charge in [0.15, 0.2) is 0 Å². The van der Waals surface area contributed by atoms with Crippen LogP contribution in [0.5, 0.6) is 0 Å². The largest absolute Gasteiger partial charge is 0.461 e. The summed E-state index contributed by atoms with van der Waals surface area (Å²) < 4.78 is 10.3. The minimum absolute atomic E-state index is 0.137. The Kier molecular flexibility index (Phi) is 13.9. The predicted molar refractivity (Wildman–Crippen MR) is 112 cm³/mol. The number of hydrogen-bond donors (Lipinski definition) is 0. The Morgan fingerprint density at radius 1 is 0.679 bits per heavy atom. The molecule has 0 amide bonds. The molecule has 5 heteroatoms. The van der Waals surface area contributed by atoms with Crippen molar-refractivity contribution in [3.8, 4) is 0 Å². The number of unbranched alkanes of at least 4 members (excludes halogenated alkanes) is 10. The fraction of sp³-hybridized carbons (Fsp3) is 0.696. The van der Waals surface area contributed by atoms with Crippen LogP contribution in [0.3, 0.4) is 0 Å². The molecule has 0 saturated carbocycles. The van der Waals surface area contributed by atoms with Gasteiger partial charge in [0.05, 0.1) is 13.2 Å². The van der Waals surface area contributed by atoms with Gasteiger partial charge in [-0.15, -0.1) is 0 Å². The second kappa shape index (κ2) is 16.1. The van der Waals surface area contributed by atoms with E-state index in [0.717, 1.165) is 19.3 Å². The minimum atomic E-state index is -0.512. The van der Waals surface area contributed by atoms with Gasteiger partial charge in [0.1, 0.15) is 11.4 Å². The van der Waals surface area contributed by atoms with Gasteiger partial charge in [-0.2, -0.15) is 0 Å². The van der Waals surface area contributed by atoms with Gasteiger partial charge in [-0.05, 0) is 25.0 Å². The Morgan fingerprint density at radius 2 is 1.14 bits per heavy atom. The number of pyridine rings is 1. The minimum Gasteiger partial charge on any atom is -0.461 e. The summed E-state index contributed by atoms with van der Waals surface area (Å²) in [6, 6.07) is 4.71. The van der Waals surface area contributed by atoms with E-state index in [1.54, 1.807) is 18.2 Å². The number of rotatable bonds is 16. The predicted octanol–water partition coefficient (Wildman–Crippen LogP) is 6.12. The number of ether oxygens (including phenoxy) is 2. The maximum Gasteiger partial charge on any atom is 0.356 e. The van der Waals surface area contributed by atoms with Crippen LogP contribution in [0.25, 0.3) is 0 Å². The van der Waals surface area contributed by atoms with Gasteiger partial charge >= 0.3 is 11.9 Å². The molecule has 1 aromatic heterocycles. The van der Waals surface area contributed by atoms with E-state index in [1.165, 1.54) is 57.8 Å². The van der Waals surface area contributed by atoms with Gasteiger partial charge in [-0.25, -0.2) is 14.6 Å². The topological polar surface area (TPSA) is 65.5 Å². The van der Waals surface area contributed by atoms with E-state index in [-0.39, 0.29) is 11.4 Å². The summed E-state index contributed by atoms with van der Waals surface area (Å²) in [4.78, 5) is 27.9. The molecule has 5 nitrogen and oxygen atoms in total. The molecule has 0 atom stereocenters. The van der Waals surface area contributed by atoms with E-state index in [2.05, 4.69) is 11.9 Å². The van der Waals surface area contributed by atoms with Crippen molar-refractivity contribution in [1.29, 1.82) is 0 Å². The van der Waals surface area contributed by atoms with Crippen LogP contribution in [0.4, 0.5) is 0 Å². The molecule has 0 N–H and O–H groups in total. The third-order valence-corrected chi connectivity index (χ3v) is 4.59. The molecule has 0 radical (unpaired) electrons. The van der Waals surface area contributed by atoms with E-state index in [9.17, 15) is 9.59 Å². The van der Waals surface area contributed by atoms with Gasteiger partial charge in [0, 0.05) is 0 Å². The van der Waals surface area contributed by atoms with Crippen LogP contribution in [0.2, 0.25) is 0 Å². The Bertz CT molecular complexity index is 559. The van der Waals surface area contributed by atoms with E-state index >= 15 is 0 Å². The number of hydrogen-bond acceptors (Lipinski definition) is 5. The van der Waals surface area contributed by atoms with Crippen molar-refractivity contribution in [2.75, 3.05) is 13.2 Å². The highest BCUT2D eigenvalue weighted by atomic mass is 16.5. The first-order valence-corrected chi connectivity index (χ1v) is 11.0. The van der Waals surface area contributed by atoms with E-state index in [1.807, 2.05) is 6.92 Å².